The highest BCUT2D eigenvalue weighted by Crippen LogP contribution is 2.15. The predicted molar refractivity (Wildman–Crippen MR) is 85.6 cm³/mol. The largest absolute Gasteiger partial charge is 0.347 e. The SMILES string of the molecule is O=C1C[C@H](NCc2cnc[nH]2)CN1CCc1cccc(Cl)c1. The normalized spacial score (nSPS) is 18.1. The third kappa shape index (κ3) is 3.87. The molecule has 2 aromatic rings. The summed E-state index contributed by atoms with van der Waals surface area (Å²) in [4.78, 5) is 21.0. The molecular weight excluding hydrogens is 300 g/mol. The second-order valence-electron chi connectivity index (χ2n) is 5.58. The summed E-state index contributed by atoms with van der Waals surface area (Å²) in [5.74, 6) is 0.212. The standard InChI is InChI=1S/C16H19ClN4O/c17-13-3-1-2-12(6-13)4-5-21-10-14(7-16(21)22)19-9-15-8-18-11-20-15/h1-3,6,8,11,14,19H,4-5,7,9-10H2,(H,18,20)/t14-/m0/s1. The van der Waals surface area contributed by atoms with Crippen molar-refractivity contribution in [2.45, 2.75) is 25.4 Å². The van der Waals surface area contributed by atoms with E-state index >= 15 is 0 Å². The number of hydrogen-bond donors (Lipinski definition) is 2. The molecule has 1 aliphatic heterocycles. The zero-order valence-corrected chi connectivity index (χ0v) is 13.0. The molecule has 0 radical (unpaired) electrons. The first-order chi connectivity index (χ1) is 10.7. The molecule has 0 saturated carbocycles. The zero-order chi connectivity index (χ0) is 15.4. The quantitative estimate of drug-likeness (QED) is 0.856. The summed E-state index contributed by atoms with van der Waals surface area (Å²) in [6.45, 7) is 2.20. The van der Waals surface area contributed by atoms with Gasteiger partial charge in [-0.2, -0.15) is 0 Å². The maximum absolute atomic E-state index is 12.1. The van der Waals surface area contributed by atoms with E-state index in [2.05, 4.69) is 15.3 Å². The van der Waals surface area contributed by atoms with E-state index < -0.39 is 0 Å². The molecule has 2 heterocycles. The van der Waals surface area contributed by atoms with E-state index in [9.17, 15) is 4.79 Å². The van der Waals surface area contributed by atoms with Crippen LogP contribution in [0.25, 0.3) is 0 Å². The van der Waals surface area contributed by atoms with Crippen molar-refractivity contribution < 1.29 is 4.79 Å². The molecule has 22 heavy (non-hydrogen) atoms. The van der Waals surface area contributed by atoms with Gasteiger partial charge in [0.25, 0.3) is 0 Å². The zero-order valence-electron chi connectivity index (χ0n) is 12.3. The molecule has 0 bridgehead atoms. The van der Waals surface area contributed by atoms with E-state index in [1.54, 1.807) is 12.5 Å². The number of hydrogen-bond acceptors (Lipinski definition) is 3. The maximum atomic E-state index is 12.1. The smallest absolute Gasteiger partial charge is 0.224 e. The highest BCUT2D eigenvalue weighted by atomic mass is 35.5. The van der Waals surface area contributed by atoms with Crippen LogP contribution in [0.2, 0.25) is 5.02 Å². The van der Waals surface area contributed by atoms with Gasteiger partial charge in [0.05, 0.1) is 6.33 Å². The molecule has 116 valence electrons. The molecule has 1 aromatic carbocycles. The molecule has 0 aliphatic carbocycles. The van der Waals surface area contributed by atoms with Gasteiger partial charge >= 0.3 is 0 Å². The van der Waals surface area contributed by atoms with Gasteiger partial charge in [-0.3, -0.25) is 4.79 Å². The Kier molecular flexibility index (Phi) is 4.75. The minimum atomic E-state index is 0.204. The van der Waals surface area contributed by atoms with Crippen molar-refractivity contribution in [3.8, 4) is 0 Å². The summed E-state index contributed by atoms with van der Waals surface area (Å²) in [6, 6.07) is 8.01. The molecule has 2 N–H and O–H groups in total. The molecule has 1 saturated heterocycles. The first-order valence-corrected chi connectivity index (χ1v) is 7.81. The third-order valence-corrected chi connectivity index (χ3v) is 4.15. The Labute approximate surface area is 134 Å². The number of H-pyrrole nitrogens is 1. The number of nitrogens with zero attached hydrogens (tertiary/aromatic N) is 2. The average Bonchev–Trinajstić information content (AvgIpc) is 3.13. The second kappa shape index (κ2) is 6.94. The number of carbonyl (C=O) groups excluding carboxylic acids is 1. The number of aromatic nitrogens is 2. The van der Waals surface area contributed by atoms with Crippen LogP contribution in [0.1, 0.15) is 17.7 Å². The summed E-state index contributed by atoms with van der Waals surface area (Å²) in [6.07, 6.45) is 4.85. The monoisotopic (exact) mass is 318 g/mol. The summed E-state index contributed by atoms with van der Waals surface area (Å²) in [5.41, 5.74) is 2.19. The lowest BCUT2D eigenvalue weighted by Gasteiger charge is -2.17. The van der Waals surface area contributed by atoms with Gasteiger partial charge in [0.1, 0.15) is 0 Å². The molecule has 5 nitrogen and oxygen atoms in total. The summed E-state index contributed by atoms with van der Waals surface area (Å²) >= 11 is 5.98. The summed E-state index contributed by atoms with van der Waals surface area (Å²) < 4.78 is 0. The lowest BCUT2D eigenvalue weighted by Crippen LogP contribution is -2.33. The number of likely N-dealkylation sites (tertiary alicyclic amines) is 1. The highest BCUT2D eigenvalue weighted by molar-refractivity contribution is 6.30. The number of amides is 1. The molecule has 1 atom stereocenters. The van der Waals surface area contributed by atoms with Crippen LogP contribution in [0.15, 0.2) is 36.8 Å². The Bertz CT molecular complexity index is 629. The fraction of sp³-hybridized carbons (Fsp3) is 0.375. The Hall–Kier alpha value is -1.85. The van der Waals surface area contributed by atoms with Crippen molar-refractivity contribution in [3.63, 3.8) is 0 Å². The first kappa shape index (κ1) is 15.1. The molecule has 1 aromatic heterocycles. The van der Waals surface area contributed by atoms with E-state index in [0.29, 0.717) is 13.0 Å². The number of nitrogens with one attached hydrogen (secondary N) is 2. The first-order valence-electron chi connectivity index (χ1n) is 7.43. The van der Waals surface area contributed by atoms with Gasteiger partial charge in [0.15, 0.2) is 0 Å². The average molecular weight is 319 g/mol. The highest BCUT2D eigenvalue weighted by Gasteiger charge is 2.28. The van der Waals surface area contributed by atoms with Gasteiger partial charge in [0, 0.05) is 49.0 Å². The van der Waals surface area contributed by atoms with Gasteiger partial charge < -0.3 is 15.2 Å². The van der Waals surface area contributed by atoms with Crippen molar-refractivity contribution in [2.75, 3.05) is 13.1 Å². The van der Waals surface area contributed by atoms with E-state index in [-0.39, 0.29) is 11.9 Å². The number of benzene rings is 1. The molecule has 0 spiro atoms. The van der Waals surface area contributed by atoms with Crippen LogP contribution in [0, 0.1) is 0 Å². The van der Waals surface area contributed by atoms with Gasteiger partial charge in [0.2, 0.25) is 5.91 Å². The molecular formula is C16H19ClN4O. The van der Waals surface area contributed by atoms with Crippen LogP contribution in [0.5, 0.6) is 0 Å². The van der Waals surface area contributed by atoms with Crippen LogP contribution in [0.3, 0.4) is 0 Å². The van der Waals surface area contributed by atoms with Crippen LogP contribution in [0.4, 0.5) is 0 Å². The minimum Gasteiger partial charge on any atom is -0.347 e. The molecule has 1 aliphatic rings. The fourth-order valence-corrected chi connectivity index (χ4v) is 2.93. The van der Waals surface area contributed by atoms with Crippen molar-refractivity contribution in [1.82, 2.24) is 20.2 Å². The van der Waals surface area contributed by atoms with E-state index in [1.807, 2.05) is 29.2 Å². The summed E-state index contributed by atoms with van der Waals surface area (Å²) in [5, 5.41) is 4.14. The van der Waals surface area contributed by atoms with E-state index in [0.717, 1.165) is 35.8 Å². The molecule has 0 unspecified atom stereocenters. The van der Waals surface area contributed by atoms with Crippen LogP contribution < -0.4 is 5.32 Å². The molecule has 3 rings (SSSR count). The fourth-order valence-electron chi connectivity index (χ4n) is 2.72. The lowest BCUT2D eigenvalue weighted by atomic mass is 10.1. The minimum absolute atomic E-state index is 0.204. The van der Waals surface area contributed by atoms with E-state index in [4.69, 9.17) is 11.6 Å². The molecule has 6 heteroatoms. The van der Waals surface area contributed by atoms with Crippen molar-refractivity contribution in [3.05, 3.63) is 53.1 Å². The van der Waals surface area contributed by atoms with Crippen LogP contribution in [-0.4, -0.2) is 39.9 Å². The Balaban J connectivity index is 1.47. The van der Waals surface area contributed by atoms with Gasteiger partial charge in [-0.25, -0.2) is 4.98 Å². The molecule has 1 fully saturated rings. The number of carbonyl (C=O) groups is 1. The van der Waals surface area contributed by atoms with Crippen LogP contribution in [-0.2, 0) is 17.8 Å². The Morgan fingerprint density at radius 2 is 2.36 bits per heavy atom. The van der Waals surface area contributed by atoms with Gasteiger partial charge in [-0.15, -0.1) is 0 Å². The topological polar surface area (TPSA) is 61.0 Å². The summed E-state index contributed by atoms with van der Waals surface area (Å²) in [7, 11) is 0. The number of rotatable bonds is 6. The number of aromatic amines is 1. The number of imidazole rings is 1. The van der Waals surface area contributed by atoms with Gasteiger partial charge in [-0.1, -0.05) is 23.7 Å². The predicted octanol–water partition coefficient (Wildman–Crippen LogP) is 2.00. The van der Waals surface area contributed by atoms with Gasteiger partial charge in [-0.05, 0) is 24.1 Å². The van der Waals surface area contributed by atoms with Crippen molar-refractivity contribution >= 4 is 17.5 Å². The van der Waals surface area contributed by atoms with Crippen molar-refractivity contribution in [2.24, 2.45) is 0 Å². The Morgan fingerprint density at radius 3 is 3.14 bits per heavy atom. The van der Waals surface area contributed by atoms with Crippen molar-refractivity contribution in [1.29, 1.82) is 0 Å². The van der Waals surface area contributed by atoms with E-state index in [1.165, 1.54) is 0 Å². The second-order valence-corrected chi connectivity index (χ2v) is 6.01. The maximum Gasteiger partial charge on any atom is 0.224 e. The van der Waals surface area contributed by atoms with Crippen LogP contribution >= 0.6 is 11.6 Å². The number of halogens is 1. The molecule has 1 amide bonds. The Morgan fingerprint density at radius 1 is 1.45 bits per heavy atom. The third-order valence-electron chi connectivity index (χ3n) is 3.91. The lowest BCUT2D eigenvalue weighted by molar-refractivity contribution is -0.127.